The minimum absolute atomic E-state index is 0.275. The largest absolute Gasteiger partial charge is 0.339 e. The molecule has 2 atom stereocenters. The molecule has 0 aromatic heterocycles. The molecule has 1 saturated carbocycles. The molecule has 2 fully saturated rings. The fourth-order valence-electron chi connectivity index (χ4n) is 2.99. The van der Waals surface area contributed by atoms with Gasteiger partial charge in [-0.3, -0.25) is 4.79 Å². The first-order valence-corrected chi connectivity index (χ1v) is 6.22. The van der Waals surface area contributed by atoms with E-state index in [0.717, 1.165) is 12.5 Å². The number of alkyl halides is 1. The molecule has 1 saturated heterocycles. The van der Waals surface area contributed by atoms with Gasteiger partial charge in [-0.1, -0.05) is 6.42 Å². The third-order valence-electron chi connectivity index (χ3n) is 3.62. The monoisotopic (exact) mass is 215 g/mol. The molecule has 3 heteroatoms. The molecule has 80 valence electrons. The number of halogens is 1. The summed E-state index contributed by atoms with van der Waals surface area (Å²) in [5.41, 5.74) is 0. The van der Waals surface area contributed by atoms with E-state index in [4.69, 9.17) is 11.6 Å². The van der Waals surface area contributed by atoms with Crippen LogP contribution in [0.4, 0.5) is 0 Å². The van der Waals surface area contributed by atoms with Gasteiger partial charge in [-0.25, -0.2) is 0 Å². The molecular weight excluding hydrogens is 198 g/mol. The summed E-state index contributed by atoms with van der Waals surface area (Å²) in [6.45, 7) is 0.969. The summed E-state index contributed by atoms with van der Waals surface area (Å²) >= 11 is 5.61. The number of hydrogen-bond acceptors (Lipinski definition) is 1. The van der Waals surface area contributed by atoms with Crippen LogP contribution in [0.3, 0.4) is 0 Å². The highest BCUT2D eigenvalue weighted by atomic mass is 35.5. The standard InChI is InChI=1S/C11H18ClNO/c12-7-6-11(14)13-8-2-4-9-3-1-5-10(9)13/h9-10H,1-8H2. The molecule has 2 nitrogen and oxygen atoms in total. The fourth-order valence-corrected chi connectivity index (χ4v) is 3.15. The molecule has 0 radical (unpaired) electrons. The number of piperidine rings is 1. The SMILES string of the molecule is O=C(CCCl)N1CCCC2CCCC21. The Balaban J connectivity index is 1.99. The van der Waals surface area contributed by atoms with Crippen LogP contribution in [0.15, 0.2) is 0 Å². The molecular formula is C11H18ClNO. The third kappa shape index (κ3) is 1.90. The maximum absolute atomic E-state index is 11.8. The summed E-state index contributed by atoms with van der Waals surface area (Å²) in [4.78, 5) is 13.9. The first-order valence-electron chi connectivity index (χ1n) is 5.68. The van der Waals surface area contributed by atoms with Crippen molar-refractivity contribution in [3.63, 3.8) is 0 Å². The zero-order chi connectivity index (χ0) is 9.97. The van der Waals surface area contributed by atoms with Gasteiger partial charge in [-0.15, -0.1) is 11.6 Å². The van der Waals surface area contributed by atoms with E-state index in [-0.39, 0.29) is 5.91 Å². The molecule has 1 aliphatic carbocycles. The fraction of sp³-hybridized carbons (Fsp3) is 0.909. The summed E-state index contributed by atoms with van der Waals surface area (Å²) in [7, 11) is 0. The number of rotatable bonds is 2. The Bertz CT molecular complexity index is 219. The summed E-state index contributed by atoms with van der Waals surface area (Å²) in [5, 5.41) is 0. The normalized spacial score (nSPS) is 31.6. The Morgan fingerprint density at radius 2 is 2.07 bits per heavy atom. The Morgan fingerprint density at radius 1 is 1.29 bits per heavy atom. The van der Waals surface area contributed by atoms with Crippen molar-refractivity contribution in [1.29, 1.82) is 0 Å². The molecule has 2 aliphatic rings. The van der Waals surface area contributed by atoms with Gasteiger partial charge in [0.1, 0.15) is 0 Å². The van der Waals surface area contributed by atoms with Gasteiger partial charge in [0.05, 0.1) is 0 Å². The van der Waals surface area contributed by atoms with E-state index in [1.54, 1.807) is 0 Å². The highest BCUT2D eigenvalue weighted by molar-refractivity contribution is 6.18. The predicted octanol–water partition coefficient (Wildman–Crippen LogP) is 2.41. The maximum atomic E-state index is 11.8. The van der Waals surface area contributed by atoms with E-state index >= 15 is 0 Å². The molecule has 0 N–H and O–H groups in total. The molecule has 14 heavy (non-hydrogen) atoms. The zero-order valence-electron chi connectivity index (χ0n) is 8.54. The average molecular weight is 216 g/mol. The maximum Gasteiger partial charge on any atom is 0.224 e. The number of carbonyl (C=O) groups excluding carboxylic acids is 1. The summed E-state index contributed by atoms with van der Waals surface area (Å²) in [5.74, 6) is 1.53. The molecule has 0 aromatic carbocycles. The van der Waals surface area contributed by atoms with Crippen LogP contribution < -0.4 is 0 Å². The number of carbonyl (C=O) groups is 1. The molecule has 2 rings (SSSR count). The van der Waals surface area contributed by atoms with Crippen LogP contribution in [-0.4, -0.2) is 29.3 Å². The van der Waals surface area contributed by atoms with E-state index < -0.39 is 0 Å². The predicted molar refractivity (Wildman–Crippen MR) is 57.4 cm³/mol. The number of fused-ring (bicyclic) bond motifs is 1. The smallest absolute Gasteiger partial charge is 0.224 e. The van der Waals surface area contributed by atoms with Crippen LogP contribution in [0.25, 0.3) is 0 Å². The Kier molecular flexibility index (Phi) is 3.32. The lowest BCUT2D eigenvalue weighted by molar-refractivity contribution is -0.135. The summed E-state index contributed by atoms with van der Waals surface area (Å²) in [6, 6.07) is 0.555. The molecule has 1 amide bonds. The minimum Gasteiger partial charge on any atom is -0.339 e. The van der Waals surface area contributed by atoms with E-state index in [1.165, 1.54) is 32.1 Å². The van der Waals surface area contributed by atoms with Crippen molar-refractivity contribution in [3.05, 3.63) is 0 Å². The van der Waals surface area contributed by atoms with Crippen LogP contribution in [-0.2, 0) is 4.79 Å². The van der Waals surface area contributed by atoms with Crippen LogP contribution >= 0.6 is 11.6 Å². The average Bonchev–Trinajstić information content (AvgIpc) is 2.65. The van der Waals surface area contributed by atoms with Crippen LogP contribution in [0.2, 0.25) is 0 Å². The summed E-state index contributed by atoms with van der Waals surface area (Å²) < 4.78 is 0. The van der Waals surface area contributed by atoms with Gasteiger partial charge in [0.25, 0.3) is 0 Å². The van der Waals surface area contributed by atoms with Crippen LogP contribution in [0.1, 0.15) is 38.5 Å². The van der Waals surface area contributed by atoms with Crippen LogP contribution in [0, 0.1) is 5.92 Å². The number of hydrogen-bond donors (Lipinski definition) is 0. The molecule has 0 aromatic rings. The second-order valence-electron chi connectivity index (χ2n) is 4.43. The molecule has 0 spiro atoms. The van der Waals surface area contributed by atoms with Crippen molar-refractivity contribution in [2.24, 2.45) is 5.92 Å². The van der Waals surface area contributed by atoms with Gasteiger partial charge in [0, 0.05) is 24.9 Å². The first kappa shape index (κ1) is 10.3. The lowest BCUT2D eigenvalue weighted by Gasteiger charge is -2.37. The Labute approximate surface area is 90.6 Å². The van der Waals surface area contributed by atoms with Gasteiger partial charge in [-0.05, 0) is 31.6 Å². The van der Waals surface area contributed by atoms with Gasteiger partial charge in [0.2, 0.25) is 5.91 Å². The van der Waals surface area contributed by atoms with Gasteiger partial charge in [0.15, 0.2) is 0 Å². The van der Waals surface area contributed by atoms with Crippen molar-refractivity contribution < 1.29 is 4.79 Å². The summed E-state index contributed by atoms with van der Waals surface area (Å²) in [6.07, 6.45) is 6.89. The number of amides is 1. The van der Waals surface area contributed by atoms with Crippen molar-refractivity contribution in [1.82, 2.24) is 4.90 Å². The van der Waals surface area contributed by atoms with Crippen molar-refractivity contribution in [2.45, 2.75) is 44.6 Å². The molecule has 1 aliphatic heterocycles. The van der Waals surface area contributed by atoms with Crippen LogP contribution in [0.5, 0.6) is 0 Å². The van der Waals surface area contributed by atoms with Crippen molar-refractivity contribution in [2.75, 3.05) is 12.4 Å². The quantitative estimate of drug-likeness (QED) is 0.648. The Hall–Kier alpha value is -0.240. The van der Waals surface area contributed by atoms with E-state index in [1.807, 2.05) is 0 Å². The number of nitrogens with zero attached hydrogens (tertiary/aromatic N) is 1. The zero-order valence-corrected chi connectivity index (χ0v) is 9.30. The number of likely N-dealkylation sites (tertiary alicyclic amines) is 1. The molecule has 1 heterocycles. The highest BCUT2D eigenvalue weighted by Gasteiger charge is 2.36. The van der Waals surface area contributed by atoms with Crippen molar-refractivity contribution >= 4 is 17.5 Å². The first-order chi connectivity index (χ1) is 6.83. The molecule has 0 bridgehead atoms. The lowest BCUT2D eigenvalue weighted by atomic mass is 9.92. The lowest BCUT2D eigenvalue weighted by Crippen LogP contribution is -2.46. The second kappa shape index (κ2) is 4.52. The van der Waals surface area contributed by atoms with E-state index in [0.29, 0.717) is 18.3 Å². The Morgan fingerprint density at radius 3 is 2.86 bits per heavy atom. The minimum atomic E-state index is 0.275. The van der Waals surface area contributed by atoms with E-state index in [2.05, 4.69) is 4.90 Å². The second-order valence-corrected chi connectivity index (χ2v) is 4.80. The van der Waals surface area contributed by atoms with Gasteiger partial charge in [-0.2, -0.15) is 0 Å². The third-order valence-corrected chi connectivity index (χ3v) is 3.81. The van der Waals surface area contributed by atoms with Crippen molar-refractivity contribution in [3.8, 4) is 0 Å². The highest BCUT2D eigenvalue weighted by Crippen LogP contribution is 2.36. The topological polar surface area (TPSA) is 20.3 Å². The van der Waals surface area contributed by atoms with Gasteiger partial charge >= 0.3 is 0 Å². The van der Waals surface area contributed by atoms with E-state index in [9.17, 15) is 4.79 Å². The van der Waals surface area contributed by atoms with Gasteiger partial charge < -0.3 is 4.90 Å². The molecule has 2 unspecified atom stereocenters.